The predicted molar refractivity (Wildman–Crippen MR) is 109 cm³/mol. The molecule has 2 aliphatic heterocycles. The Hall–Kier alpha value is -1.86. The first-order valence-electron chi connectivity index (χ1n) is 13.3. The smallest absolute Gasteiger partial charge is 0.137 e. The highest BCUT2D eigenvalue weighted by Crippen LogP contribution is 2.40. The van der Waals surface area contributed by atoms with Crippen molar-refractivity contribution in [3.63, 3.8) is 0 Å². The molecule has 0 aliphatic carbocycles. The van der Waals surface area contributed by atoms with Crippen molar-refractivity contribution in [2.75, 3.05) is 52.3 Å². The van der Waals surface area contributed by atoms with Gasteiger partial charge >= 0.3 is 0 Å². The van der Waals surface area contributed by atoms with E-state index in [0.717, 1.165) is 9.79 Å². The van der Waals surface area contributed by atoms with Crippen molar-refractivity contribution in [3.05, 3.63) is 54.1 Å². The van der Waals surface area contributed by atoms with Crippen LogP contribution in [0.3, 0.4) is 0 Å². The van der Waals surface area contributed by atoms with Crippen molar-refractivity contribution < 1.29 is 23.6 Å². The van der Waals surface area contributed by atoms with E-state index in [1.807, 2.05) is 48.5 Å². The Morgan fingerprint density at radius 1 is 1.07 bits per heavy atom. The Morgan fingerprint density at radius 2 is 1.81 bits per heavy atom. The van der Waals surface area contributed by atoms with E-state index in [1.54, 1.807) is 0 Å². The number of benzene rings is 2. The molecule has 1 N–H and O–H groups in total. The molecular formula is C21H25N3O2S. The number of ether oxygens (including phenoxy) is 1. The Bertz CT molecular complexity index is 1190. The summed E-state index contributed by atoms with van der Waals surface area (Å²) in [5, 5.41) is 9.36. The zero-order chi connectivity index (χ0) is 27.4. The number of hydrogen-bond acceptors (Lipinski definition) is 6. The van der Waals surface area contributed by atoms with Crippen LogP contribution < -0.4 is 0 Å². The van der Waals surface area contributed by atoms with Crippen LogP contribution in [0.1, 0.15) is 19.3 Å². The SMILES string of the molecule is [2H]C([2H])(CN1C([2H])([2H])CN(C2=Nc3ccccc3Sc3ccccc32)CC1([2H])[2H])OC([2H])([2H])C([2H])([2H])O. The quantitative estimate of drug-likeness (QED) is 0.846. The molecule has 1 fully saturated rings. The highest BCUT2D eigenvalue weighted by atomic mass is 32.2. The Kier molecular flexibility index (Phi) is 3.31. The van der Waals surface area contributed by atoms with Crippen LogP contribution in [-0.2, 0) is 4.74 Å². The summed E-state index contributed by atoms with van der Waals surface area (Å²) >= 11 is 1.49. The van der Waals surface area contributed by atoms with Crippen LogP contribution in [0.25, 0.3) is 0 Å². The van der Waals surface area contributed by atoms with Gasteiger partial charge in [0.15, 0.2) is 0 Å². The summed E-state index contributed by atoms with van der Waals surface area (Å²) in [5.41, 5.74) is 1.34. The number of rotatable bonds is 5. The molecule has 27 heavy (non-hydrogen) atoms. The monoisotopic (exact) mass is 393 g/mol. The van der Waals surface area contributed by atoms with Gasteiger partial charge in [0.2, 0.25) is 0 Å². The molecule has 0 spiro atoms. The van der Waals surface area contributed by atoms with Crippen molar-refractivity contribution in [3.8, 4) is 0 Å². The van der Waals surface area contributed by atoms with Gasteiger partial charge in [0.1, 0.15) is 5.84 Å². The molecule has 0 amide bonds. The lowest BCUT2D eigenvalue weighted by atomic mass is 10.1. The molecule has 142 valence electrons. The molecule has 2 heterocycles. The molecule has 0 unspecified atom stereocenters. The first-order valence-corrected chi connectivity index (χ1v) is 9.14. The van der Waals surface area contributed by atoms with Crippen LogP contribution in [0.5, 0.6) is 0 Å². The number of aliphatic imine (C=N–C) groups is 1. The Balaban J connectivity index is 1.66. The van der Waals surface area contributed by atoms with Gasteiger partial charge < -0.3 is 14.7 Å². The standard InChI is InChI=1S/C21H25N3O2S/c25-14-16-26-15-13-23-9-11-24(12-10-23)21-17-5-1-3-7-19(17)27-20-8-4-2-6-18(20)22-21/h1-8,25H,9-16H2/i9D2,10D2,14D2,15D2,16D2. The Labute approximate surface area is 178 Å². The summed E-state index contributed by atoms with van der Waals surface area (Å²) in [5.74, 6) is 0.365. The van der Waals surface area contributed by atoms with Crippen molar-refractivity contribution in [1.82, 2.24) is 9.80 Å². The molecule has 0 radical (unpaired) electrons. The lowest BCUT2D eigenvalue weighted by Gasteiger charge is -2.36. The molecule has 5 nitrogen and oxygen atoms in total. The molecule has 1 saturated heterocycles. The van der Waals surface area contributed by atoms with E-state index in [4.69, 9.17) is 18.7 Å². The zero-order valence-corrected chi connectivity index (χ0v) is 15.2. The number of fused-ring (bicyclic) bond motifs is 2. The molecular weight excluding hydrogens is 358 g/mol. The van der Waals surface area contributed by atoms with Crippen molar-refractivity contribution in [2.45, 2.75) is 9.79 Å². The van der Waals surface area contributed by atoms with Crippen LogP contribution in [0, 0.1) is 0 Å². The molecule has 0 bridgehead atoms. The van der Waals surface area contributed by atoms with Gasteiger partial charge in [-0.15, -0.1) is 0 Å². The van der Waals surface area contributed by atoms with Gasteiger partial charge in [-0.25, -0.2) is 4.99 Å². The fraction of sp³-hybridized carbons (Fsp3) is 0.381. The molecule has 2 aromatic rings. The topological polar surface area (TPSA) is 48.3 Å². The summed E-state index contributed by atoms with van der Waals surface area (Å²) in [6, 6.07) is 14.8. The third kappa shape index (κ3) is 4.35. The van der Waals surface area contributed by atoms with Crippen LogP contribution >= 0.6 is 11.8 Å². The van der Waals surface area contributed by atoms with Gasteiger partial charge in [-0.2, -0.15) is 0 Å². The first kappa shape index (κ1) is 10.1. The number of amidine groups is 1. The average molecular weight is 394 g/mol. The predicted octanol–water partition coefficient (Wildman–Crippen LogP) is 2.86. The normalized spacial score (nSPS) is 27.9. The van der Waals surface area contributed by atoms with Crippen LogP contribution in [0.15, 0.2) is 63.3 Å². The van der Waals surface area contributed by atoms with E-state index in [9.17, 15) is 5.11 Å². The highest BCUT2D eigenvalue weighted by molar-refractivity contribution is 7.99. The van der Waals surface area contributed by atoms with Crippen molar-refractivity contribution in [1.29, 1.82) is 0 Å². The second-order valence-electron chi connectivity index (χ2n) is 5.72. The molecule has 2 aromatic carbocycles. The van der Waals surface area contributed by atoms with E-state index in [1.165, 1.54) is 16.7 Å². The van der Waals surface area contributed by atoms with Crippen LogP contribution in [0.2, 0.25) is 0 Å². The van der Waals surface area contributed by atoms with E-state index < -0.39 is 52.3 Å². The maximum atomic E-state index is 9.36. The maximum absolute atomic E-state index is 9.36. The molecule has 4 rings (SSSR count). The van der Waals surface area contributed by atoms with Gasteiger partial charge in [-0.1, -0.05) is 42.1 Å². The number of para-hydroxylation sites is 1. The van der Waals surface area contributed by atoms with Gasteiger partial charge in [-0.3, -0.25) is 4.90 Å². The van der Waals surface area contributed by atoms with Gasteiger partial charge in [0, 0.05) is 53.5 Å². The summed E-state index contributed by atoms with van der Waals surface area (Å²) < 4.78 is 84.3. The minimum Gasteiger partial charge on any atom is -0.394 e. The van der Waals surface area contributed by atoms with Gasteiger partial charge in [0.25, 0.3) is 0 Å². The van der Waals surface area contributed by atoms with E-state index in [-0.39, 0.29) is 0 Å². The van der Waals surface area contributed by atoms with Crippen LogP contribution in [-0.4, -0.2) is 73.0 Å². The fourth-order valence-electron chi connectivity index (χ4n) is 2.78. The fourth-order valence-corrected chi connectivity index (χ4v) is 3.80. The lowest BCUT2D eigenvalue weighted by Crippen LogP contribution is -2.49. The minimum atomic E-state index is -3.55. The molecule has 0 saturated carbocycles. The summed E-state index contributed by atoms with van der Waals surface area (Å²) in [6.45, 7) is -16.9. The maximum Gasteiger partial charge on any atom is 0.137 e. The highest BCUT2D eigenvalue weighted by Gasteiger charge is 2.24. The largest absolute Gasteiger partial charge is 0.394 e. The number of piperazine rings is 1. The molecule has 0 aromatic heterocycles. The lowest BCUT2D eigenvalue weighted by molar-refractivity contribution is 0.0652. The van der Waals surface area contributed by atoms with Crippen molar-refractivity contribution in [2.24, 2.45) is 4.99 Å². The summed E-state index contributed by atoms with van der Waals surface area (Å²) in [4.78, 5) is 8.57. The minimum absolute atomic E-state index is 0.365. The zero-order valence-electron chi connectivity index (χ0n) is 24.3. The Morgan fingerprint density at radius 3 is 2.63 bits per heavy atom. The first-order chi connectivity index (χ1) is 16.9. The second kappa shape index (κ2) is 8.89. The number of aliphatic hydroxyl groups is 1. The molecule has 6 heteroatoms. The van der Waals surface area contributed by atoms with E-state index >= 15 is 0 Å². The third-order valence-corrected chi connectivity index (χ3v) is 5.18. The van der Waals surface area contributed by atoms with Gasteiger partial charge in [0.05, 0.1) is 33.6 Å². The second-order valence-corrected chi connectivity index (χ2v) is 6.80. The van der Waals surface area contributed by atoms with Crippen LogP contribution in [0.4, 0.5) is 5.69 Å². The van der Waals surface area contributed by atoms with Crippen molar-refractivity contribution >= 4 is 23.3 Å². The number of nitrogens with zero attached hydrogens (tertiary/aromatic N) is 3. The molecule has 0 atom stereocenters. The summed E-state index contributed by atoms with van der Waals surface area (Å²) in [6.07, 6.45) is 0. The molecule has 2 aliphatic rings. The number of hydrogen-bond donors (Lipinski definition) is 1. The average Bonchev–Trinajstić information content (AvgIpc) is 2.91. The summed E-state index contributed by atoms with van der Waals surface area (Å²) in [7, 11) is 0. The van der Waals surface area contributed by atoms with E-state index in [0.29, 0.717) is 22.0 Å². The third-order valence-electron chi connectivity index (χ3n) is 4.04. The van der Waals surface area contributed by atoms with Gasteiger partial charge in [-0.05, 0) is 18.2 Å². The van der Waals surface area contributed by atoms with E-state index in [2.05, 4.69) is 4.74 Å².